The third-order valence-corrected chi connectivity index (χ3v) is 3.35. The van der Waals surface area contributed by atoms with Gasteiger partial charge in [0.15, 0.2) is 0 Å². The van der Waals surface area contributed by atoms with E-state index in [1.807, 2.05) is 32.1 Å². The minimum absolute atomic E-state index is 0.252. The van der Waals surface area contributed by atoms with Crippen LogP contribution in [0.2, 0.25) is 0 Å². The molecule has 3 nitrogen and oxygen atoms in total. The van der Waals surface area contributed by atoms with Gasteiger partial charge in [-0.15, -0.1) is 19.2 Å². The van der Waals surface area contributed by atoms with Crippen LogP contribution in [0.25, 0.3) is 0 Å². The van der Waals surface area contributed by atoms with Crippen molar-refractivity contribution in [1.29, 1.82) is 0 Å². The molecule has 0 aliphatic heterocycles. The van der Waals surface area contributed by atoms with E-state index in [1.54, 1.807) is 11.6 Å². The van der Waals surface area contributed by atoms with Crippen molar-refractivity contribution in [2.24, 2.45) is 10.9 Å². The monoisotopic (exact) mass is 321 g/mol. The molecule has 0 rings (SSSR count). The van der Waals surface area contributed by atoms with Crippen LogP contribution >= 0.6 is 12.6 Å². The van der Waals surface area contributed by atoms with E-state index in [4.69, 9.17) is 4.74 Å². The summed E-state index contributed by atoms with van der Waals surface area (Å²) in [6.45, 7) is 11.0. The molecule has 0 saturated heterocycles. The first-order valence-corrected chi connectivity index (χ1v) is 7.91. The van der Waals surface area contributed by atoms with Gasteiger partial charge in [-0.25, -0.2) is 0 Å². The van der Waals surface area contributed by atoms with Crippen molar-refractivity contribution >= 4 is 24.8 Å². The number of thiol groups is 1. The van der Waals surface area contributed by atoms with E-state index in [-0.39, 0.29) is 12.1 Å². The Morgan fingerprint density at radius 1 is 1.41 bits per heavy atom. The zero-order valence-corrected chi connectivity index (χ0v) is 14.8. The minimum atomic E-state index is -0.278. The molecule has 0 aromatic carbocycles. The Hall–Kier alpha value is -1.55. The van der Waals surface area contributed by atoms with Crippen LogP contribution in [0.5, 0.6) is 0 Å². The quantitative estimate of drug-likeness (QED) is 0.284. The van der Waals surface area contributed by atoms with Crippen molar-refractivity contribution in [1.82, 2.24) is 0 Å². The molecule has 0 fully saturated rings. The molecule has 0 heterocycles. The molecule has 22 heavy (non-hydrogen) atoms. The van der Waals surface area contributed by atoms with Crippen LogP contribution in [-0.2, 0) is 9.53 Å². The second kappa shape index (κ2) is 12.0. The molecule has 0 radical (unpaired) electrons. The lowest BCUT2D eigenvalue weighted by atomic mass is 10.0. The number of aliphatic imine (C=N–C) groups is 1. The summed E-state index contributed by atoms with van der Waals surface area (Å²) in [6.07, 6.45) is 10.8. The molecule has 0 aliphatic carbocycles. The zero-order valence-electron chi connectivity index (χ0n) is 14.0. The minimum Gasteiger partial charge on any atom is -0.458 e. The average molecular weight is 321 g/mol. The summed E-state index contributed by atoms with van der Waals surface area (Å²) in [5.41, 5.74) is 1.87. The summed E-state index contributed by atoms with van der Waals surface area (Å²) in [6, 6.07) is 0. The van der Waals surface area contributed by atoms with Gasteiger partial charge in [0.1, 0.15) is 6.10 Å². The summed E-state index contributed by atoms with van der Waals surface area (Å²) >= 11 is 4.14. The second-order valence-corrected chi connectivity index (χ2v) is 5.27. The number of allylic oxidation sites excluding steroid dienone is 3. The highest BCUT2D eigenvalue weighted by Gasteiger charge is 2.12. The Bertz CT molecular complexity index is 475. The smallest absolute Gasteiger partial charge is 0.303 e. The molecule has 0 N–H and O–H groups in total. The Balaban J connectivity index is 4.89. The normalized spacial score (nSPS) is 16.0. The number of nitrogens with zero attached hydrogens (tertiary/aromatic N) is 1. The number of esters is 1. The van der Waals surface area contributed by atoms with Crippen LogP contribution in [0.1, 0.15) is 40.5 Å². The highest BCUT2D eigenvalue weighted by atomic mass is 32.1. The van der Waals surface area contributed by atoms with Crippen molar-refractivity contribution in [3.8, 4) is 0 Å². The summed E-state index contributed by atoms with van der Waals surface area (Å²) in [5.74, 6) is 0.0272. The lowest BCUT2D eigenvalue weighted by Gasteiger charge is -2.16. The van der Waals surface area contributed by atoms with Crippen molar-refractivity contribution in [3.05, 3.63) is 47.6 Å². The van der Waals surface area contributed by atoms with E-state index in [0.717, 1.165) is 11.3 Å². The maximum Gasteiger partial charge on any atom is 0.303 e. The van der Waals surface area contributed by atoms with Gasteiger partial charge in [0.2, 0.25) is 0 Å². The average Bonchev–Trinajstić information content (AvgIpc) is 2.49. The fraction of sp³-hybridized carbons (Fsp3) is 0.444. The fourth-order valence-corrected chi connectivity index (χ4v) is 1.90. The van der Waals surface area contributed by atoms with Crippen LogP contribution in [0, 0.1) is 5.92 Å². The van der Waals surface area contributed by atoms with Gasteiger partial charge < -0.3 is 4.74 Å². The van der Waals surface area contributed by atoms with Gasteiger partial charge in [-0.1, -0.05) is 31.2 Å². The van der Waals surface area contributed by atoms with Gasteiger partial charge in [0, 0.05) is 31.7 Å². The molecule has 122 valence electrons. The summed E-state index contributed by atoms with van der Waals surface area (Å²) < 4.78 is 5.39. The Labute approximate surface area is 140 Å². The van der Waals surface area contributed by atoms with Gasteiger partial charge in [0.25, 0.3) is 0 Å². The zero-order chi connectivity index (χ0) is 17.0. The molecule has 1 unspecified atom stereocenters. The standard InChI is InChI=1S/C18H27NO2S/c1-6-14(3)9-8-10-18(21-16(5)20)15(4)11-12-17(13-22)19-7-2/h6-9,11,13-14,18,22H,1,10,12H2,2-5H3/b9-8?,15-11+,17-13-,19-7?/t14?,18-/m0/s1. The largest absolute Gasteiger partial charge is 0.458 e. The van der Waals surface area contributed by atoms with Crippen LogP contribution < -0.4 is 0 Å². The van der Waals surface area contributed by atoms with Crippen molar-refractivity contribution in [2.45, 2.75) is 46.6 Å². The molecule has 0 saturated carbocycles. The molecule has 0 aromatic rings. The number of carbonyl (C=O) groups is 1. The topological polar surface area (TPSA) is 38.7 Å². The first kappa shape index (κ1) is 20.5. The fourth-order valence-electron chi connectivity index (χ4n) is 1.72. The van der Waals surface area contributed by atoms with E-state index >= 15 is 0 Å². The number of carbonyl (C=O) groups excluding carboxylic acids is 1. The van der Waals surface area contributed by atoms with Gasteiger partial charge in [-0.2, -0.15) is 0 Å². The van der Waals surface area contributed by atoms with Crippen molar-refractivity contribution in [3.63, 3.8) is 0 Å². The van der Waals surface area contributed by atoms with Crippen LogP contribution in [0.15, 0.2) is 52.6 Å². The number of rotatable bonds is 9. The third kappa shape index (κ3) is 9.40. The van der Waals surface area contributed by atoms with Crippen molar-refractivity contribution < 1.29 is 9.53 Å². The highest BCUT2D eigenvalue weighted by molar-refractivity contribution is 7.83. The summed E-state index contributed by atoms with van der Waals surface area (Å²) in [4.78, 5) is 15.5. The SMILES string of the molecule is C=CC(C)C=CC[C@H](OC(C)=O)/C(C)=C/C/C(=C/S)N=CC. The van der Waals surface area contributed by atoms with E-state index in [9.17, 15) is 4.79 Å². The highest BCUT2D eigenvalue weighted by Crippen LogP contribution is 2.16. The van der Waals surface area contributed by atoms with Gasteiger partial charge in [0.05, 0.1) is 0 Å². The van der Waals surface area contributed by atoms with Crippen molar-refractivity contribution in [2.75, 3.05) is 0 Å². The predicted molar refractivity (Wildman–Crippen MR) is 98.3 cm³/mol. The number of hydrogen-bond acceptors (Lipinski definition) is 4. The second-order valence-electron chi connectivity index (χ2n) is 5.02. The lowest BCUT2D eigenvalue weighted by Crippen LogP contribution is -2.17. The molecule has 2 atom stereocenters. The van der Waals surface area contributed by atoms with E-state index in [1.165, 1.54) is 6.92 Å². The molecule has 0 amide bonds. The van der Waals surface area contributed by atoms with Crippen LogP contribution in [-0.4, -0.2) is 18.3 Å². The van der Waals surface area contributed by atoms with E-state index in [0.29, 0.717) is 18.8 Å². The predicted octanol–water partition coefficient (Wildman–Crippen LogP) is 4.88. The lowest BCUT2D eigenvalue weighted by molar-refractivity contribution is -0.144. The Morgan fingerprint density at radius 3 is 2.59 bits per heavy atom. The van der Waals surface area contributed by atoms with Crippen LogP contribution in [0.3, 0.4) is 0 Å². The molecule has 0 bridgehead atoms. The maximum absolute atomic E-state index is 11.3. The van der Waals surface area contributed by atoms with Gasteiger partial charge in [-0.3, -0.25) is 9.79 Å². The van der Waals surface area contributed by atoms with Crippen LogP contribution in [0.4, 0.5) is 0 Å². The molecule has 0 spiro atoms. The van der Waals surface area contributed by atoms with E-state index in [2.05, 4.69) is 37.2 Å². The third-order valence-electron chi connectivity index (χ3n) is 3.05. The van der Waals surface area contributed by atoms with Gasteiger partial charge in [-0.05, 0) is 30.7 Å². The summed E-state index contributed by atoms with van der Waals surface area (Å²) in [7, 11) is 0. The number of hydrogen-bond donors (Lipinski definition) is 1. The Morgan fingerprint density at radius 2 is 2.09 bits per heavy atom. The molecular weight excluding hydrogens is 294 g/mol. The Kier molecular flexibility index (Phi) is 11.2. The van der Waals surface area contributed by atoms with E-state index < -0.39 is 0 Å². The molecule has 4 heteroatoms. The number of ether oxygens (including phenoxy) is 1. The molecule has 0 aromatic heterocycles. The maximum atomic E-state index is 11.3. The summed E-state index contributed by atoms with van der Waals surface area (Å²) in [5, 5.41) is 1.68. The molecule has 0 aliphatic rings. The van der Waals surface area contributed by atoms with Gasteiger partial charge >= 0.3 is 5.97 Å². The molecular formula is C18H27NO2S. The first-order chi connectivity index (χ1) is 10.4. The first-order valence-electron chi connectivity index (χ1n) is 7.39.